The minimum absolute atomic E-state index is 0.256. The summed E-state index contributed by atoms with van der Waals surface area (Å²) in [5.74, 6) is 0.836. The van der Waals surface area contributed by atoms with Crippen LogP contribution in [-0.4, -0.2) is 43.8 Å². The highest BCUT2D eigenvalue weighted by Gasteiger charge is 2.29. The van der Waals surface area contributed by atoms with Gasteiger partial charge >= 0.3 is 5.97 Å². The number of anilines is 1. The number of thiophene rings is 1. The minimum atomic E-state index is -0.865. The van der Waals surface area contributed by atoms with Crippen LogP contribution in [0.3, 0.4) is 0 Å². The molecule has 1 aromatic heterocycles. The van der Waals surface area contributed by atoms with Gasteiger partial charge in [0.1, 0.15) is 17.4 Å². The summed E-state index contributed by atoms with van der Waals surface area (Å²) in [6.45, 7) is 8.25. The van der Waals surface area contributed by atoms with Gasteiger partial charge < -0.3 is 24.3 Å². The molecule has 11 heteroatoms. The number of hydrogen-bond donors (Lipinski definition) is 2. The van der Waals surface area contributed by atoms with Crippen molar-refractivity contribution in [2.45, 2.75) is 59.7 Å². The summed E-state index contributed by atoms with van der Waals surface area (Å²) >= 11 is 1.44. The predicted octanol–water partition coefficient (Wildman–Crippen LogP) is 7.12. The van der Waals surface area contributed by atoms with Crippen molar-refractivity contribution in [1.82, 2.24) is 5.43 Å². The number of carbonyl (C=O) groups excluding carboxylic acids is 3. The van der Waals surface area contributed by atoms with Crippen molar-refractivity contribution in [1.29, 1.82) is 0 Å². The standard InChI is InChI=1S/C38H41N3O7S/c1-6-46-38(44)34-30-17-9-24(3)19-33(30)49-37(34)40-36(43)28-13-15-29(16-14-28)48-25(4)35(42)41-39-21-27-12-18-31(32(20-27)45-5)47-22-26-10-7-23(2)8-11-26/h7-8,10-16,18,20-21,24-25H,6,9,17,19,22H2,1-5H3,(H,40,43)(H,41,42)/b39-21-/t24-,25-/m1/s1. The lowest BCUT2D eigenvalue weighted by Crippen LogP contribution is -2.33. The van der Waals surface area contributed by atoms with Crippen LogP contribution in [0.25, 0.3) is 0 Å². The zero-order chi connectivity index (χ0) is 34.9. The molecule has 1 aliphatic rings. The fourth-order valence-corrected chi connectivity index (χ4v) is 6.76. The van der Waals surface area contributed by atoms with E-state index in [0.29, 0.717) is 51.5 Å². The van der Waals surface area contributed by atoms with E-state index in [-0.39, 0.29) is 12.5 Å². The average molecular weight is 684 g/mol. The van der Waals surface area contributed by atoms with Crippen LogP contribution >= 0.6 is 11.3 Å². The molecule has 0 spiro atoms. The summed E-state index contributed by atoms with van der Waals surface area (Å²) in [6.07, 6.45) is 3.28. The highest BCUT2D eigenvalue weighted by molar-refractivity contribution is 7.17. The molecule has 1 aliphatic carbocycles. The summed E-state index contributed by atoms with van der Waals surface area (Å²) in [6, 6.07) is 19.9. The van der Waals surface area contributed by atoms with Crippen LogP contribution in [-0.2, 0) is 29.0 Å². The number of hydrazone groups is 1. The van der Waals surface area contributed by atoms with Crippen LogP contribution in [0.5, 0.6) is 17.2 Å². The largest absolute Gasteiger partial charge is 0.493 e. The molecule has 0 saturated carbocycles. The van der Waals surface area contributed by atoms with Crippen LogP contribution < -0.4 is 25.0 Å². The van der Waals surface area contributed by atoms with E-state index in [1.807, 2.05) is 37.3 Å². The Kier molecular flexibility index (Phi) is 11.7. The zero-order valence-corrected chi connectivity index (χ0v) is 29.1. The lowest BCUT2D eigenvalue weighted by atomic mass is 9.88. The van der Waals surface area contributed by atoms with Gasteiger partial charge in [-0.15, -0.1) is 11.3 Å². The SMILES string of the molecule is CCOC(=O)c1c(NC(=O)c2ccc(O[C@H](C)C(=O)N/N=C\c3ccc(OCc4ccc(C)cc4)c(OC)c3)cc2)sc2c1CC[C@@H](C)C2. The summed E-state index contributed by atoms with van der Waals surface area (Å²) in [7, 11) is 1.56. The first-order valence-electron chi connectivity index (χ1n) is 16.2. The Bertz CT molecular complexity index is 1820. The van der Waals surface area contributed by atoms with E-state index in [9.17, 15) is 14.4 Å². The molecule has 2 amide bonds. The molecule has 49 heavy (non-hydrogen) atoms. The second-order valence-corrected chi connectivity index (χ2v) is 13.0. The van der Waals surface area contributed by atoms with Gasteiger partial charge in [0, 0.05) is 10.4 Å². The van der Waals surface area contributed by atoms with Crippen LogP contribution in [0.1, 0.15) is 75.0 Å². The Labute approximate surface area is 290 Å². The first-order valence-corrected chi connectivity index (χ1v) is 17.1. The molecule has 0 fully saturated rings. The molecule has 2 N–H and O–H groups in total. The first-order chi connectivity index (χ1) is 23.6. The average Bonchev–Trinajstić information content (AvgIpc) is 3.45. The molecular weight excluding hydrogens is 642 g/mol. The molecular formula is C38H41N3O7S. The molecule has 0 bridgehead atoms. The maximum absolute atomic E-state index is 13.2. The van der Waals surface area contributed by atoms with Crippen LogP contribution in [0.15, 0.2) is 71.8 Å². The van der Waals surface area contributed by atoms with Gasteiger partial charge in [0.05, 0.1) is 25.5 Å². The topological polar surface area (TPSA) is 125 Å². The fraction of sp³-hybridized carbons (Fsp3) is 0.316. The van der Waals surface area contributed by atoms with Crippen LogP contribution in [0, 0.1) is 12.8 Å². The molecule has 0 aliphatic heterocycles. The van der Waals surface area contributed by atoms with E-state index in [1.165, 1.54) is 23.1 Å². The lowest BCUT2D eigenvalue weighted by Gasteiger charge is -2.18. The smallest absolute Gasteiger partial charge is 0.341 e. The van der Waals surface area contributed by atoms with Gasteiger partial charge in [0.25, 0.3) is 11.8 Å². The number of hydrogen-bond acceptors (Lipinski definition) is 9. The number of methoxy groups -OCH3 is 1. The number of aryl methyl sites for hydroxylation is 1. The molecule has 256 valence electrons. The molecule has 3 aromatic carbocycles. The number of fused-ring (bicyclic) bond motifs is 1. The first kappa shape index (κ1) is 35.2. The van der Waals surface area contributed by atoms with Crippen molar-refractivity contribution in [2.75, 3.05) is 19.0 Å². The molecule has 0 radical (unpaired) electrons. The van der Waals surface area contributed by atoms with Crippen molar-refractivity contribution in [2.24, 2.45) is 11.0 Å². The number of ether oxygens (including phenoxy) is 4. The summed E-state index contributed by atoms with van der Waals surface area (Å²) in [5.41, 5.74) is 7.25. The summed E-state index contributed by atoms with van der Waals surface area (Å²) in [4.78, 5) is 39.8. The number of amides is 2. The molecule has 0 saturated heterocycles. The molecule has 5 rings (SSSR count). The molecule has 4 aromatic rings. The van der Waals surface area contributed by atoms with E-state index in [0.717, 1.165) is 35.3 Å². The molecule has 10 nitrogen and oxygen atoms in total. The summed E-state index contributed by atoms with van der Waals surface area (Å²) in [5, 5.41) is 7.49. The highest BCUT2D eigenvalue weighted by atomic mass is 32.1. The number of rotatable bonds is 13. The fourth-order valence-electron chi connectivity index (χ4n) is 5.37. The lowest BCUT2D eigenvalue weighted by molar-refractivity contribution is -0.127. The van der Waals surface area contributed by atoms with Crippen LogP contribution in [0.2, 0.25) is 0 Å². The van der Waals surface area contributed by atoms with Gasteiger partial charge in [-0.2, -0.15) is 5.10 Å². The van der Waals surface area contributed by atoms with Crippen molar-refractivity contribution in [3.05, 3.63) is 105 Å². The monoisotopic (exact) mass is 683 g/mol. The van der Waals surface area contributed by atoms with Gasteiger partial charge in [-0.1, -0.05) is 36.8 Å². The number of nitrogens with zero attached hydrogens (tertiary/aromatic N) is 1. The zero-order valence-electron chi connectivity index (χ0n) is 28.3. The third-order valence-electron chi connectivity index (χ3n) is 8.11. The quantitative estimate of drug-likeness (QED) is 0.0874. The Morgan fingerprint density at radius 2 is 1.80 bits per heavy atom. The van der Waals surface area contributed by atoms with E-state index in [4.69, 9.17) is 18.9 Å². The van der Waals surface area contributed by atoms with Crippen molar-refractivity contribution in [3.8, 4) is 17.2 Å². The maximum atomic E-state index is 13.2. The van der Waals surface area contributed by atoms with E-state index < -0.39 is 18.0 Å². The normalized spacial score (nSPS) is 14.4. The van der Waals surface area contributed by atoms with E-state index >= 15 is 0 Å². The second kappa shape index (κ2) is 16.3. The van der Waals surface area contributed by atoms with Gasteiger partial charge in [-0.25, -0.2) is 10.2 Å². The number of nitrogens with one attached hydrogen (secondary N) is 2. The summed E-state index contributed by atoms with van der Waals surface area (Å²) < 4.78 is 22.5. The maximum Gasteiger partial charge on any atom is 0.341 e. The third-order valence-corrected chi connectivity index (χ3v) is 9.28. The van der Waals surface area contributed by atoms with Crippen LogP contribution in [0.4, 0.5) is 5.00 Å². The van der Waals surface area contributed by atoms with Crippen molar-refractivity contribution >= 4 is 40.3 Å². The predicted molar refractivity (Wildman–Crippen MR) is 190 cm³/mol. The van der Waals surface area contributed by atoms with Gasteiger partial charge in [-0.3, -0.25) is 9.59 Å². The number of benzene rings is 3. The Balaban J connectivity index is 1.14. The van der Waals surface area contributed by atoms with Gasteiger partial charge in [0.15, 0.2) is 17.6 Å². The van der Waals surface area contributed by atoms with E-state index in [1.54, 1.807) is 57.4 Å². The van der Waals surface area contributed by atoms with E-state index in [2.05, 4.69) is 22.8 Å². The minimum Gasteiger partial charge on any atom is -0.493 e. The van der Waals surface area contributed by atoms with Crippen molar-refractivity contribution < 1.29 is 33.3 Å². The van der Waals surface area contributed by atoms with Crippen molar-refractivity contribution in [3.63, 3.8) is 0 Å². The van der Waals surface area contributed by atoms with Gasteiger partial charge in [0.2, 0.25) is 0 Å². The molecule has 2 atom stereocenters. The third kappa shape index (κ3) is 9.05. The molecule has 0 unspecified atom stereocenters. The molecule has 1 heterocycles. The Morgan fingerprint density at radius 3 is 2.51 bits per heavy atom. The number of carbonyl (C=O) groups is 3. The van der Waals surface area contributed by atoms with Gasteiger partial charge in [-0.05, 0) is 105 Å². The Hall–Kier alpha value is -5.16. The second-order valence-electron chi connectivity index (χ2n) is 11.9. The number of esters is 1. The highest BCUT2D eigenvalue weighted by Crippen LogP contribution is 2.40. The Morgan fingerprint density at radius 1 is 1.04 bits per heavy atom.